The Morgan fingerprint density at radius 2 is 2.12 bits per heavy atom. The highest BCUT2D eigenvalue weighted by Crippen LogP contribution is 2.15. The van der Waals surface area contributed by atoms with E-state index in [2.05, 4.69) is 6.92 Å². The molecule has 0 aliphatic heterocycles. The minimum absolute atomic E-state index is 0. The van der Waals surface area contributed by atoms with Crippen LogP contribution in [0.1, 0.15) is 37.0 Å². The lowest BCUT2D eigenvalue weighted by molar-refractivity contribution is 0.0527. The van der Waals surface area contributed by atoms with E-state index in [-0.39, 0.29) is 18.4 Å². The Morgan fingerprint density at radius 1 is 1.44 bits per heavy atom. The molecular formula is C11H19ClN2O2. The van der Waals surface area contributed by atoms with E-state index in [0.717, 1.165) is 19.4 Å². The molecule has 0 saturated heterocycles. The molecule has 0 amide bonds. The SMILES string of the molecule is CCCCn1cc(N)c(C(=O)OCC)c1.Cl. The Morgan fingerprint density at radius 3 is 2.69 bits per heavy atom. The maximum atomic E-state index is 11.4. The Hall–Kier alpha value is -1.16. The van der Waals surface area contributed by atoms with Crippen molar-refractivity contribution >= 4 is 24.1 Å². The van der Waals surface area contributed by atoms with Gasteiger partial charge in [0.05, 0.1) is 12.3 Å². The van der Waals surface area contributed by atoms with Gasteiger partial charge in [-0.25, -0.2) is 4.79 Å². The molecule has 0 aliphatic rings. The van der Waals surface area contributed by atoms with E-state index in [1.165, 1.54) is 0 Å². The number of halogens is 1. The van der Waals surface area contributed by atoms with Gasteiger partial charge in [0.1, 0.15) is 5.56 Å². The second kappa shape index (κ2) is 7.17. The van der Waals surface area contributed by atoms with E-state index in [1.54, 1.807) is 19.3 Å². The van der Waals surface area contributed by atoms with Gasteiger partial charge >= 0.3 is 5.97 Å². The van der Waals surface area contributed by atoms with Gasteiger partial charge in [0.15, 0.2) is 0 Å². The monoisotopic (exact) mass is 246 g/mol. The predicted octanol–water partition coefficient (Wildman–Crippen LogP) is 2.47. The normalized spacial score (nSPS) is 9.62. The number of carbonyl (C=O) groups is 1. The molecule has 92 valence electrons. The fraction of sp³-hybridized carbons (Fsp3) is 0.545. The lowest BCUT2D eigenvalue weighted by Crippen LogP contribution is -2.05. The first kappa shape index (κ1) is 14.8. The smallest absolute Gasteiger partial charge is 0.341 e. The summed E-state index contributed by atoms with van der Waals surface area (Å²) < 4.78 is 6.83. The first-order valence-electron chi connectivity index (χ1n) is 5.31. The van der Waals surface area contributed by atoms with Gasteiger partial charge in [-0.15, -0.1) is 12.4 Å². The molecule has 4 nitrogen and oxygen atoms in total. The molecule has 1 rings (SSSR count). The Balaban J connectivity index is 0.00000225. The standard InChI is InChI=1S/C11H18N2O2.ClH/c1-3-5-6-13-7-9(10(12)8-13)11(14)15-4-2;/h7-8H,3-6,12H2,1-2H3;1H. The number of nitrogens with zero attached hydrogens (tertiary/aromatic N) is 1. The third-order valence-electron chi connectivity index (χ3n) is 2.18. The van der Waals surface area contributed by atoms with Crippen LogP contribution in [0.25, 0.3) is 0 Å². The zero-order valence-corrected chi connectivity index (χ0v) is 10.5. The average Bonchev–Trinajstić information content (AvgIpc) is 2.57. The molecule has 16 heavy (non-hydrogen) atoms. The van der Waals surface area contributed by atoms with Gasteiger partial charge < -0.3 is 15.0 Å². The molecule has 0 aromatic carbocycles. The maximum absolute atomic E-state index is 11.4. The van der Waals surface area contributed by atoms with Crippen molar-refractivity contribution in [3.8, 4) is 0 Å². The number of ether oxygens (including phenoxy) is 1. The molecule has 0 spiro atoms. The number of unbranched alkanes of at least 4 members (excludes halogenated alkanes) is 1. The number of hydrogen-bond donors (Lipinski definition) is 1. The summed E-state index contributed by atoms with van der Waals surface area (Å²) in [5.74, 6) is -0.342. The number of nitrogens with two attached hydrogens (primary N) is 1. The molecule has 0 unspecified atom stereocenters. The Labute approximate surface area is 102 Å². The van der Waals surface area contributed by atoms with E-state index in [4.69, 9.17) is 10.5 Å². The summed E-state index contributed by atoms with van der Waals surface area (Å²) in [6.45, 7) is 5.17. The lowest BCUT2D eigenvalue weighted by Gasteiger charge is -2.00. The third kappa shape index (κ3) is 3.77. The van der Waals surface area contributed by atoms with Crippen LogP contribution in [0.2, 0.25) is 0 Å². The molecule has 0 fully saturated rings. The van der Waals surface area contributed by atoms with Crippen LogP contribution in [0.15, 0.2) is 12.4 Å². The van der Waals surface area contributed by atoms with Crippen molar-refractivity contribution in [1.82, 2.24) is 4.57 Å². The molecule has 2 N–H and O–H groups in total. The summed E-state index contributed by atoms with van der Waals surface area (Å²) in [7, 11) is 0. The van der Waals surface area contributed by atoms with Gasteiger partial charge in [0, 0.05) is 18.9 Å². The van der Waals surface area contributed by atoms with Gasteiger partial charge in [-0.05, 0) is 13.3 Å². The maximum Gasteiger partial charge on any atom is 0.341 e. The molecular weight excluding hydrogens is 228 g/mol. The average molecular weight is 247 g/mol. The van der Waals surface area contributed by atoms with E-state index in [9.17, 15) is 4.79 Å². The van der Waals surface area contributed by atoms with E-state index in [0.29, 0.717) is 17.9 Å². The minimum atomic E-state index is -0.342. The first-order valence-corrected chi connectivity index (χ1v) is 5.31. The number of rotatable bonds is 5. The van der Waals surface area contributed by atoms with Crippen molar-refractivity contribution in [2.45, 2.75) is 33.2 Å². The second-order valence-corrected chi connectivity index (χ2v) is 3.44. The molecule has 0 bridgehead atoms. The summed E-state index contributed by atoms with van der Waals surface area (Å²) in [6, 6.07) is 0. The summed E-state index contributed by atoms with van der Waals surface area (Å²) >= 11 is 0. The lowest BCUT2D eigenvalue weighted by atomic mass is 10.3. The molecule has 1 aromatic rings. The summed E-state index contributed by atoms with van der Waals surface area (Å²) in [6.07, 6.45) is 5.73. The largest absolute Gasteiger partial charge is 0.462 e. The topological polar surface area (TPSA) is 57.2 Å². The van der Waals surface area contributed by atoms with Crippen LogP contribution in [0.5, 0.6) is 0 Å². The Kier molecular flexibility index (Phi) is 6.65. The van der Waals surface area contributed by atoms with Gasteiger partial charge in [-0.3, -0.25) is 0 Å². The highest BCUT2D eigenvalue weighted by Gasteiger charge is 2.12. The highest BCUT2D eigenvalue weighted by molar-refractivity contribution is 5.94. The summed E-state index contributed by atoms with van der Waals surface area (Å²) in [5, 5.41) is 0. The number of anilines is 1. The fourth-order valence-electron chi connectivity index (χ4n) is 1.38. The van der Waals surface area contributed by atoms with Crippen molar-refractivity contribution in [1.29, 1.82) is 0 Å². The molecule has 1 aromatic heterocycles. The quantitative estimate of drug-likeness (QED) is 0.812. The van der Waals surface area contributed by atoms with Gasteiger partial charge in [-0.1, -0.05) is 13.3 Å². The summed E-state index contributed by atoms with van der Waals surface area (Å²) in [4.78, 5) is 11.4. The molecule has 5 heteroatoms. The Bertz CT molecular complexity index is 337. The van der Waals surface area contributed by atoms with Crippen LogP contribution in [0.4, 0.5) is 5.69 Å². The molecule has 0 aliphatic carbocycles. The van der Waals surface area contributed by atoms with E-state index in [1.807, 2.05) is 4.57 Å². The molecule has 1 heterocycles. The molecule has 0 atom stereocenters. The number of aromatic nitrogens is 1. The molecule has 0 radical (unpaired) electrons. The van der Waals surface area contributed by atoms with Crippen molar-refractivity contribution in [3.05, 3.63) is 18.0 Å². The number of aryl methyl sites for hydroxylation is 1. The minimum Gasteiger partial charge on any atom is -0.462 e. The number of nitrogen functional groups attached to an aromatic ring is 1. The van der Waals surface area contributed by atoms with E-state index >= 15 is 0 Å². The highest BCUT2D eigenvalue weighted by atomic mass is 35.5. The van der Waals surface area contributed by atoms with Crippen LogP contribution in [-0.2, 0) is 11.3 Å². The van der Waals surface area contributed by atoms with Crippen molar-refractivity contribution in [3.63, 3.8) is 0 Å². The zero-order chi connectivity index (χ0) is 11.3. The first-order chi connectivity index (χ1) is 7.19. The predicted molar refractivity (Wildman–Crippen MR) is 67.0 cm³/mol. The number of hydrogen-bond acceptors (Lipinski definition) is 3. The molecule has 0 saturated carbocycles. The van der Waals surface area contributed by atoms with Gasteiger partial charge in [0.25, 0.3) is 0 Å². The van der Waals surface area contributed by atoms with Crippen LogP contribution in [-0.4, -0.2) is 17.1 Å². The second-order valence-electron chi connectivity index (χ2n) is 3.44. The van der Waals surface area contributed by atoms with Crippen LogP contribution in [0, 0.1) is 0 Å². The van der Waals surface area contributed by atoms with Crippen LogP contribution < -0.4 is 5.73 Å². The van der Waals surface area contributed by atoms with E-state index < -0.39 is 0 Å². The number of esters is 1. The third-order valence-corrected chi connectivity index (χ3v) is 2.18. The van der Waals surface area contributed by atoms with Crippen molar-refractivity contribution in [2.75, 3.05) is 12.3 Å². The van der Waals surface area contributed by atoms with Crippen molar-refractivity contribution < 1.29 is 9.53 Å². The number of carbonyl (C=O) groups excluding carboxylic acids is 1. The van der Waals surface area contributed by atoms with Crippen LogP contribution >= 0.6 is 12.4 Å². The van der Waals surface area contributed by atoms with Gasteiger partial charge in [-0.2, -0.15) is 0 Å². The van der Waals surface area contributed by atoms with Gasteiger partial charge in [0.2, 0.25) is 0 Å². The fourth-order valence-corrected chi connectivity index (χ4v) is 1.38. The van der Waals surface area contributed by atoms with Crippen LogP contribution in [0.3, 0.4) is 0 Å². The summed E-state index contributed by atoms with van der Waals surface area (Å²) in [5.41, 5.74) is 6.68. The van der Waals surface area contributed by atoms with Crippen molar-refractivity contribution in [2.24, 2.45) is 0 Å². The zero-order valence-electron chi connectivity index (χ0n) is 9.73.